The van der Waals surface area contributed by atoms with E-state index in [4.69, 9.17) is 0 Å². The molecule has 0 unspecified atom stereocenters. The zero-order chi connectivity index (χ0) is 11.1. The predicted molar refractivity (Wildman–Crippen MR) is 52.6 cm³/mol. The van der Waals surface area contributed by atoms with Crippen LogP contribution in [0.25, 0.3) is 10.9 Å². The van der Waals surface area contributed by atoms with E-state index in [-0.39, 0.29) is 0 Å². The number of rotatable bonds is 1. The lowest BCUT2D eigenvalue weighted by Crippen LogP contribution is -2.04. The molecular formula is C11H10F3N. The van der Waals surface area contributed by atoms with Crippen LogP contribution < -0.4 is 0 Å². The van der Waals surface area contributed by atoms with Crippen molar-refractivity contribution >= 4 is 10.9 Å². The molecule has 1 heterocycles. The fourth-order valence-electron chi connectivity index (χ4n) is 1.65. The van der Waals surface area contributed by atoms with Crippen molar-refractivity contribution in [1.82, 2.24) is 4.57 Å². The molecule has 0 aliphatic heterocycles. The summed E-state index contributed by atoms with van der Waals surface area (Å²) in [7, 11) is 0. The number of alkyl halides is 3. The average Bonchev–Trinajstić information content (AvgIpc) is 2.58. The molecule has 0 radical (unpaired) electrons. The molecular weight excluding hydrogens is 203 g/mol. The third-order valence-corrected chi connectivity index (χ3v) is 2.44. The maximum atomic E-state index is 12.4. The summed E-state index contributed by atoms with van der Waals surface area (Å²) >= 11 is 0. The molecule has 0 amide bonds. The van der Waals surface area contributed by atoms with Crippen LogP contribution >= 0.6 is 0 Å². The van der Waals surface area contributed by atoms with Gasteiger partial charge in [0.1, 0.15) is 0 Å². The molecule has 0 spiro atoms. The molecule has 2 aromatic rings. The summed E-state index contributed by atoms with van der Waals surface area (Å²) in [4.78, 5) is 0. The maximum absolute atomic E-state index is 12.4. The van der Waals surface area contributed by atoms with Gasteiger partial charge in [0.2, 0.25) is 0 Å². The number of halogens is 3. The van der Waals surface area contributed by atoms with Crippen LogP contribution in [0.15, 0.2) is 30.5 Å². The summed E-state index contributed by atoms with van der Waals surface area (Å²) in [6.07, 6.45) is -2.46. The first kappa shape index (κ1) is 10.1. The van der Waals surface area contributed by atoms with E-state index in [1.54, 1.807) is 12.3 Å². The molecule has 1 aromatic heterocycles. The van der Waals surface area contributed by atoms with Gasteiger partial charge < -0.3 is 4.57 Å². The first-order valence-corrected chi connectivity index (χ1v) is 4.68. The van der Waals surface area contributed by atoms with E-state index in [1.165, 1.54) is 12.1 Å². The quantitative estimate of drug-likeness (QED) is 0.681. The van der Waals surface area contributed by atoms with Crippen LogP contribution in [-0.4, -0.2) is 4.57 Å². The van der Waals surface area contributed by atoms with Crippen molar-refractivity contribution in [1.29, 1.82) is 0 Å². The topological polar surface area (TPSA) is 4.93 Å². The van der Waals surface area contributed by atoms with E-state index < -0.39 is 11.7 Å². The van der Waals surface area contributed by atoms with E-state index in [9.17, 15) is 13.2 Å². The summed E-state index contributed by atoms with van der Waals surface area (Å²) in [6.45, 7) is 2.71. The highest BCUT2D eigenvalue weighted by molar-refractivity contribution is 5.81. The summed E-state index contributed by atoms with van der Waals surface area (Å²) in [5.41, 5.74) is 0.245. The summed E-state index contributed by atoms with van der Waals surface area (Å²) in [5.74, 6) is 0. The van der Waals surface area contributed by atoms with Crippen LogP contribution in [0.2, 0.25) is 0 Å². The van der Waals surface area contributed by atoms with Crippen LogP contribution in [0, 0.1) is 0 Å². The van der Waals surface area contributed by atoms with E-state index in [0.29, 0.717) is 5.39 Å². The second kappa shape index (κ2) is 3.29. The Morgan fingerprint density at radius 3 is 2.53 bits per heavy atom. The Balaban J connectivity index is 2.58. The van der Waals surface area contributed by atoms with Crippen molar-refractivity contribution in [3.05, 3.63) is 36.0 Å². The lowest BCUT2D eigenvalue weighted by Gasteiger charge is -2.07. The Morgan fingerprint density at radius 1 is 1.20 bits per heavy atom. The summed E-state index contributed by atoms with van der Waals surface area (Å²) in [6, 6.07) is 5.52. The smallest absolute Gasteiger partial charge is 0.348 e. The van der Waals surface area contributed by atoms with Gasteiger partial charge in [-0.1, -0.05) is 0 Å². The number of nitrogens with zero attached hydrogens (tertiary/aromatic N) is 1. The van der Waals surface area contributed by atoms with Crippen molar-refractivity contribution in [2.45, 2.75) is 19.6 Å². The normalized spacial score (nSPS) is 12.3. The molecule has 1 aromatic carbocycles. The highest BCUT2D eigenvalue weighted by Gasteiger charge is 2.30. The summed E-state index contributed by atoms with van der Waals surface area (Å²) in [5, 5.41) is 0.631. The van der Waals surface area contributed by atoms with Crippen molar-refractivity contribution < 1.29 is 13.2 Å². The van der Waals surface area contributed by atoms with Gasteiger partial charge in [0.15, 0.2) is 0 Å². The minimum Gasteiger partial charge on any atom is -0.348 e. The second-order valence-corrected chi connectivity index (χ2v) is 3.37. The minimum absolute atomic E-state index is 0.594. The molecule has 0 aliphatic carbocycles. The molecule has 2 rings (SSSR count). The van der Waals surface area contributed by atoms with Gasteiger partial charge in [-0.2, -0.15) is 13.2 Å². The van der Waals surface area contributed by atoms with Crippen LogP contribution in [-0.2, 0) is 12.7 Å². The van der Waals surface area contributed by atoms with Crippen LogP contribution in [0.3, 0.4) is 0 Å². The van der Waals surface area contributed by atoms with Gasteiger partial charge in [-0.3, -0.25) is 0 Å². The third-order valence-electron chi connectivity index (χ3n) is 2.44. The van der Waals surface area contributed by atoms with Crippen molar-refractivity contribution in [3.63, 3.8) is 0 Å². The van der Waals surface area contributed by atoms with Crippen molar-refractivity contribution in [2.24, 2.45) is 0 Å². The second-order valence-electron chi connectivity index (χ2n) is 3.37. The highest BCUT2D eigenvalue weighted by atomic mass is 19.4. The van der Waals surface area contributed by atoms with Gasteiger partial charge in [-0.25, -0.2) is 0 Å². The Hall–Kier alpha value is -1.45. The monoisotopic (exact) mass is 213 g/mol. The summed E-state index contributed by atoms with van der Waals surface area (Å²) < 4.78 is 39.1. The molecule has 0 aliphatic rings. The standard InChI is InChI=1S/C11H10F3N/c1-2-15-6-5-8-7-9(11(12,13)14)3-4-10(8)15/h3-7H,2H2,1H3. The lowest BCUT2D eigenvalue weighted by atomic mass is 10.1. The highest BCUT2D eigenvalue weighted by Crippen LogP contribution is 2.31. The number of fused-ring (bicyclic) bond motifs is 1. The number of hydrogen-bond donors (Lipinski definition) is 0. The third kappa shape index (κ3) is 1.71. The van der Waals surface area contributed by atoms with Crippen LogP contribution in [0.4, 0.5) is 13.2 Å². The molecule has 0 saturated heterocycles. The number of hydrogen-bond acceptors (Lipinski definition) is 0. The van der Waals surface area contributed by atoms with Crippen molar-refractivity contribution in [2.75, 3.05) is 0 Å². The average molecular weight is 213 g/mol. The lowest BCUT2D eigenvalue weighted by molar-refractivity contribution is -0.137. The molecule has 0 atom stereocenters. The Morgan fingerprint density at radius 2 is 1.93 bits per heavy atom. The van der Waals surface area contributed by atoms with Crippen LogP contribution in [0.5, 0.6) is 0 Å². The minimum atomic E-state index is -4.26. The Kier molecular flexibility index (Phi) is 2.21. The molecule has 80 valence electrons. The maximum Gasteiger partial charge on any atom is 0.416 e. The molecule has 0 N–H and O–H groups in total. The molecule has 0 fully saturated rings. The molecule has 15 heavy (non-hydrogen) atoms. The fourth-order valence-corrected chi connectivity index (χ4v) is 1.65. The predicted octanol–water partition coefficient (Wildman–Crippen LogP) is 3.68. The van der Waals surface area contributed by atoms with Gasteiger partial charge in [-0.05, 0) is 31.2 Å². The van der Waals surface area contributed by atoms with Crippen LogP contribution in [0.1, 0.15) is 12.5 Å². The number of aromatic nitrogens is 1. The zero-order valence-corrected chi connectivity index (χ0v) is 8.17. The Bertz CT molecular complexity index is 482. The van der Waals surface area contributed by atoms with E-state index >= 15 is 0 Å². The van der Waals surface area contributed by atoms with Crippen molar-refractivity contribution in [3.8, 4) is 0 Å². The van der Waals surface area contributed by atoms with Gasteiger partial charge >= 0.3 is 6.18 Å². The number of aryl methyl sites for hydroxylation is 1. The zero-order valence-electron chi connectivity index (χ0n) is 8.17. The molecule has 1 nitrogen and oxygen atoms in total. The van der Waals surface area contributed by atoms with Gasteiger partial charge in [0.05, 0.1) is 5.56 Å². The van der Waals surface area contributed by atoms with E-state index in [0.717, 1.165) is 18.1 Å². The SMILES string of the molecule is CCn1ccc2cc(C(F)(F)F)ccc21. The van der Waals surface area contributed by atoms with Gasteiger partial charge in [0.25, 0.3) is 0 Å². The Labute approximate surface area is 85.1 Å². The number of benzene rings is 1. The first-order chi connectivity index (χ1) is 7.02. The molecule has 0 saturated carbocycles. The van der Waals surface area contributed by atoms with E-state index in [1.807, 2.05) is 11.5 Å². The molecule has 0 bridgehead atoms. The van der Waals surface area contributed by atoms with Gasteiger partial charge in [0, 0.05) is 23.6 Å². The van der Waals surface area contributed by atoms with Gasteiger partial charge in [-0.15, -0.1) is 0 Å². The largest absolute Gasteiger partial charge is 0.416 e. The fraction of sp³-hybridized carbons (Fsp3) is 0.273. The first-order valence-electron chi connectivity index (χ1n) is 4.68. The molecule has 4 heteroatoms. The van der Waals surface area contributed by atoms with E-state index in [2.05, 4.69) is 0 Å².